The van der Waals surface area contributed by atoms with Crippen molar-refractivity contribution in [1.82, 2.24) is 21.5 Å². The molecule has 3 atom stereocenters. The number of hydrogen-bond acceptors (Lipinski definition) is 5. The van der Waals surface area contributed by atoms with Gasteiger partial charge in [0.2, 0.25) is 5.91 Å². The maximum atomic E-state index is 12.9. The van der Waals surface area contributed by atoms with Crippen molar-refractivity contribution in [3.8, 4) is 0 Å². The number of fused-ring (bicyclic) bond motifs is 1. The van der Waals surface area contributed by atoms with Gasteiger partial charge in [-0.05, 0) is 24.8 Å². The lowest BCUT2D eigenvalue weighted by Gasteiger charge is -2.16. The molecule has 4 rings (SSSR count). The molecule has 2 saturated heterocycles. The zero-order valence-corrected chi connectivity index (χ0v) is 16.3. The van der Waals surface area contributed by atoms with Crippen molar-refractivity contribution in [3.63, 3.8) is 0 Å². The Balaban J connectivity index is 1.37. The Morgan fingerprint density at radius 2 is 1.97 bits per heavy atom. The predicted molar refractivity (Wildman–Crippen MR) is 110 cm³/mol. The number of hydrogen-bond donors (Lipinski definition) is 4. The number of nitrogens with one attached hydrogen (secondary N) is 4. The maximum absolute atomic E-state index is 12.9. The minimum absolute atomic E-state index is 0.116. The van der Waals surface area contributed by atoms with E-state index in [0.717, 1.165) is 17.3 Å². The van der Waals surface area contributed by atoms with Gasteiger partial charge in [0.15, 0.2) is 0 Å². The van der Waals surface area contributed by atoms with Crippen molar-refractivity contribution in [2.75, 3.05) is 18.0 Å². The van der Waals surface area contributed by atoms with Gasteiger partial charge in [0.25, 0.3) is 5.91 Å². The molecule has 0 spiro atoms. The molecule has 2 aromatic carbocycles. The number of imide groups is 1. The van der Waals surface area contributed by atoms with Crippen LogP contribution < -0.4 is 26.4 Å². The molecular weight excluding hydrogens is 370 g/mol. The van der Waals surface area contributed by atoms with Crippen molar-refractivity contribution in [3.05, 3.63) is 42.5 Å². The molecule has 2 fully saturated rings. The Kier molecular flexibility index (Phi) is 5.46. The molecule has 2 aromatic rings. The molecule has 0 aliphatic carbocycles. The number of anilines is 1. The molecule has 4 amide bonds. The molecule has 0 radical (unpaired) electrons. The van der Waals surface area contributed by atoms with Gasteiger partial charge >= 0.3 is 6.03 Å². The van der Waals surface area contributed by atoms with E-state index in [-0.39, 0.29) is 24.7 Å². The van der Waals surface area contributed by atoms with Gasteiger partial charge in [0.05, 0.1) is 5.69 Å². The van der Waals surface area contributed by atoms with E-state index in [1.807, 2.05) is 36.4 Å². The Labute approximate surface area is 169 Å². The Morgan fingerprint density at radius 3 is 2.76 bits per heavy atom. The van der Waals surface area contributed by atoms with Gasteiger partial charge in [-0.15, -0.1) is 0 Å². The van der Waals surface area contributed by atoms with Crippen molar-refractivity contribution < 1.29 is 14.4 Å². The number of benzene rings is 2. The molecule has 2 unspecified atom stereocenters. The van der Waals surface area contributed by atoms with E-state index in [1.54, 1.807) is 6.07 Å². The maximum Gasteiger partial charge on any atom is 0.329 e. The van der Waals surface area contributed by atoms with E-state index in [1.165, 1.54) is 4.90 Å². The van der Waals surface area contributed by atoms with Gasteiger partial charge in [0, 0.05) is 36.9 Å². The number of amides is 4. The Bertz CT molecular complexity index is 942. The molecule has 0 aromatic heterocycles. The fraction of sp³-hybridized carbons (Fsp3) is 0.381. The van der Waals surface area contributed by atoms with E-state index in [0.29, 0.717) is 24.2 Å². The van der Waals surface area contributed by atoms with Gasteiger partial charge in [-0.2, -0.15) is 0 Å². The van der Waals surface area contributed by atoms with Gasteiger partial charge < -0.3 is 10.6 Å². The van der Waals surface area contributed by atoms with Crippen LogP contribution in [0.5, 0.6) is 0 Å². The fourth-order valence-electron chi connectivity index (χ4n) is 3.86. The first-order valence-corrected chi connectivity index (χ1v) is 9.92. The number of nitrogens with zero attached hydrogens (tertiary/aromatic N) is 1. The number of hydrazine groups is 1. The highest BCUT2D eigenvalue weighted by Gasteiger charge is 2.39. The van der Waals surface area contributed by atoms with Gasteiger partial charge in [0.1, 0.15) is 6.04 Å². The summed E-state index contributed by atoms with van der Waals surface area (Å²) < 4.78 is 0. The number of carbonyl (C=O) groups excluding carboxylic acids is 3. The van der Waals surface area contributed by atoms with E-state index in [4.69, 9.17) is 0 Å². The van der Waals surface area contributed by atoms with Crippen LogP contribution in [0.1, 0.15) is 19.8 Å². The monoisotopic (exact) mass is 395 g/mol. The first-order valence-electron chi connectivity index (χ1n) is 9.92. The molecule has 0 saturated carbocycles. The lowest BCUT2D eigenvalue weighted by atomic mass is 10.0. The van der Waals surface area contributed by atoms with Crippen molar-refractivity contribution in [1.29, 1.82) is 0 Å². The number of urea groups is 1. The van der Waals surface area contributed by atoms with Crippen LogP contribution in [0.25, 0.3) is 10.8 Å². The fourth-order valence-corrected chi connectivity index (χ4v) is 3.86. The summed E-state index contributed by atoms with van der Waals surface area (Å²) in [5.74, 6) is -0.111. The number of carbonyl (C=O) groups is 3. The zero-order chi connectivity index (χ0) is 20.4. The zero-order valence-electron chi connectivity index (χ0n) is 16.3. The second-order valence-electron chi connectivity index (χ2n) is 7.59. The summed E-state index contributed by atoms with van der Waals surface area (Å²) in [5, 5.41) is 7.42. The van der Waals surface area contributed by atoms with Crippen LogP contribution in [-0.2, 0) is 9.59 Å². The standard InChI is InChI=1S/C21H25N5O3/c1-13-15(12-23-25-13)11-22-19(27)10-9-17-20(28)26(21(29)24-17)18-8-4-6-14-5-2-3-7-16(14)18/h2-8,13,15,17,23,25H,9-12H2,1H3,(H,22,27)(H,24,29)/t13?,15?,17-/m0/s1. The summed E-state index contributed by atoms with van der Waals surface area (Å²) >= 11 is 0. The molecule has 29 heavy (non-hydrogen) atoms. The third-order valence-corrected chi connectivity index (χ3v) is 5.65. The van der Waals surface area contributed by atoms with E-state index >= 15 is 0 Å². The molecule has 8 heteroatoms. The van der Waals surface area contributed by atoms with Crippen LogP contribution in [0.3, 0.4) is 0 Å². The summed E-state index contributed by atoms with van der Waals surface area (Å²) in [6.07, 6.45) is 0.455. The molecule has 2 aliphatic rings. The summed E-state index contributed by atoms with van der Waals surface area (Å²) in [5.41, 5.74) is 6.74. The van der Waals surface area contributed by atoms with Gasteiger partial charge in [-0.25, -0.2) is 9.69 Å². The summed E-state index contributed by atoms with van der Waals surface area (Å²) in [6.45, 7) is 3.44. The topological polar surface area (TPSA) is 103 Å². The van der Waals surface area contributed by atoms with Gasteiger partial charge in [-0.3, -0.25) is 20.4 Å². The summed E-state index contributed by atoms with van der Waals surface area (Å²) in [7, 11) is 0. The molecule has 2 heterocycles. The van der Waals surface area contributed by atoms with Crippen molar-refractivity contribution >= 4 is 34.3 Å². The van der Waals surface area contributed by atoms with Crippen molar-refractivity contribution in [2.45, 2.75) is 31.8 Å². The molecule has 0 bridgehead atoms. The first-order chi connectivity index (χ1) is 14.0. The van der Waals surface area contributed by atoms with Crippen LogP contribution >= 0.6 is 0 Å². The van der Waals surface area contributed by atoms with E-state index in [2.05, 4.69) is 28.4 Å². The quantitative estimate of drug-likeness (QED) is 0.552. The average molecular weight is 395 g/mol. The first kappa shape index (κ1) is 19.4. The average Bonchev–Trinajstić information content (AvgIpc) is 3.26. The molecular formula is C21H25N5O3. The normalized spacial score (nSPS) is 24.2. The van der Waals surface area contributed by atoms with Crippen LogP contribution in [0.15, 0.2) is 42.5 Å². The summed E-state index contributed by atoms with van der Waals surface area (Å²) in [6, 6.07) is 12.3. The van der Waals surface area contributed by atoms with Crippen LogP contribution in [0.2, 0.25) is 0 Å². The second kappa shape index (κ2) is 8.18. The molecule has 2 aliphatic heterocycles. The third kappa shape index (κ3) is 3.94. The molecule has 152 valence electrons. The Morgan fingerprint density at radius 1 is 1.17 bits per heavy atom. The van der Waals surface area contributed by atoms with Crippen molar-refractivity contribution in [2.24, 2.45) is 5.92 Å². The second-order valence-corrected chi connectivity index (χ2v) is 7.59. The van der Waals surface area contributed by atoms with E-state index < -0.39 is 12.1 Å². The minimum atomic E-state index is -0.694. The lowest BCUT2D eigenvalue weighted by Crippen LogP contribution is -2.36. The SMILES string of the molecule is CC1NNCC1CNC(=O)CC[C@@H]1NC(=O)N(c2cccc3ccccc23)C1=O. The molecule has 4 N–H and O–H groups in total. The highest BCUT2D eigenvalue weighted by atomic mass is 16.2. The largest absolute Gasteiger partial charge is 0.356 e. The highest BCUT2D eigenvalue weighted by molar-refractivity contribution is 6.24. The van der Waals surface area contributed by atoms with E-state index in [9.17, 15) is 14.4 Å². The minimum Gasteiger partial charge on any atom is -0.356 e. The predicted octanol–water partition coefficient (Wildman–Crippen LogP) is 1.27. The number of rotatable bonds is 6. The highest BCUT2D eigenvalue weighted by Crippen LogP contribution is 2.29. The Hall–Kier alpha value is -2.97. The third-order valence-electron chi connectivity index (χ3n) is 5.65. The summed E-state index contributed by atoms with van der Waals surface area (Å²) in [4.78, 5) is 38.7. The van der Waals surface area contributed by atoms with Crippen LogP contribution in [-0.4, -0.2) is 43.0 Å². The van der Waals surface area contributed by atoms with Gasteiger partial charge in [-0.1, -0.05) is 36.4 Å². The lowest BCUT2D eigenvalue weighted by molar-refractivity contribution is -0.122. The van der Waals surface area contributed by atoms with Crippen LogP contribution in [0, 0.1) is 5.92 Å². The van der Waals surface area contributed by atoms with Crippen LogP contribution in [0.4, 0.5) is 10.5 Å². The molecule has 8 nitrogen and oxygen atoms in total. The smallest absolute Gasteiger partial charge is 0.329 e.